The molecular weight excluding hydrogens is 250 g/mol. The minimum Gasteiger partial charge on any atom is -0.393 e. The molecule has 0 heterocycles. The fourth-order valence-electron chi connectivity index (χ4n) is 2.21. The van der Waals surface area contributed by atoms with Gasteiger partial charge in [-0.3, -0.25) is 0 Å². The van der Waals surface area contributed by atoms with Crippen molar-refractivity contribution < 1.29 is 10.2 Å². The van der Waals surface area contributed by atoms with Gasteiger partial charge in [-0.05, 0) is 43.4 Å². The van der Waals surface area contributed by atoms with E-state index in [9.17, 15) is 5.11 Å². The third-order valence-electron chi connectivity index (χ3n) is 3.59. The largest absolute Gasteiger partial charge is 0.393 e. The van der Waals surface area contributed by atoms with Crippen molar-refractivity contribution in [3.8, 4) is 0 Å². The number of hydrogen-bond donors (Lipinski definition) is 3. The van der Waals surface area contributed by atoms with Crippen LogP contribution in [0, 0.1) is 0 Å². The topological polar surface area (TPSA) is 52.5 Å². The van der Waals surface area contributed by atoms with Gasteiger partial charge >= 0.3 is 0 Å². The predicted molar refractivity (Wildman–Crippen MR) is 72.9 cm³/mol. The summed E-state index contributed by atoms with van der Waals surface area (Å²) >= 11 is 5.86. The van der Waals surface area contributed by atoms with Crippen molar-refractivity contribution in [2.24, 2.45) is 0 Å². The van der Waals surface area contributed by atoms with Crippen LogP contribution in [0.15, 0.2) is 24.3 Å². The number of hydrogen-bond acceptors (Lipinski definition) is 3. The SMILES string of the molecule is CC(O)(CO)CNC1CC(c2ccc(Cl)cc2)C1. The molecule has 1 aromatic rings. The van der Waals surface area contributed by atoms with Gasteiger partial charge in [0.25, 0.3) is 0 Å². The molecule has 2 rings (SSSR count). The van der Waals surface area contributed by atoms with Crippen LogP contribution in [0.25, 0.3) is 0 Å². The van der Waals surface area contributed by atoms with Crippen molar-refractivity contribution in [2.75, 3.05) is 13.2 Å². The Labute approximate surface area is 113 Å². The van der Waals surface area contributed by atoms with Gasteiger partial charge in [0.2, 0.25) is 0 Å². The number of rotatable bonds is 5. The molecule has 1 atom stereocenters. The van der Waals surface area contributed by atoms with Crippen molar-refractivity contribution in [3.05, 3.63) is 34.9 Å². The Hall–Kier alpha value is -0.610. The second kappa shape index (κ2) is 5.57. The number of nitrogens with one attached hydrogen (secondary N) is 1. The van der Waals surface area contributed by atoms with Crippen LogP contribution in [0.5, 0.6) is 0 Å². The van der Waals surface area contributed by atoms with E-state index in [0.717, 1.165) is 17.9 Å². The lowest BCUT2D eigenvalue weighted by atomic mass is 9.76. The Kier molecular flexibility index (Phi) is 4.28. The Morgan fingerprint density at radius 3 is 2.50 bits per heavy atom. The molecule has 0 spiro atoms. The summed E-state index contributed by atoms with van der Waals surface area (Å²) in [7, 11) is 0. The zero-order valence-corrected chi connectivity index (χ0v) is 11.3. The van der Waals surface area contributed by atoms with Crippen LogP contribution in [-0.4, -0.2) is 35.0 Å². The van der Waals surface area contributed by atoms with Crippen LogP contribution in [-0.2, 0) is 0 Å². The van der Waals surface area contributed by atoms with Crippen molar-refractivity contribution in [1.82, 2.24) is 5.32 Å². The van der Waals surface area contributed by atoms with Gasteiger partial charge in [0.05, 0.1) is 12.2 Å². The quantitative estimate of drug-likeness (QED) is 0.766. The van der Waals surface area contributed by atoms with E-state index in [2.05, 4.69) is 17.4 Å². The molecule has 1 unspecified atom stereocenters. The average Bonchev–Trinajstić information content (AvgIpc) is 2.29. The van der Waals surface area contributed by atoms with Crippen LogP contribution >= 0.6 is 11.6 Å². The van der Waals surface area contributed by atoms with Gasteiger partial charge < -0.3 is 15.5 Å². The minimum atomic E-state index is -1.02. The van der Waals surface area contributed by atoms with Crippen LogP contribution in [0.4, 0.5) is 0 Å². The number of benzene rings is 1. The summed E-state index contributed by atoms with van der Waals surface area (Å²) in [5.41, 5.74) is 0.303. The molecule has 1 aromatic carbocycles. The highest BCUT2D eigenvalue weighted by molar-refractivity contribution is 6.30. The smallest absolute Gasteiger partial charge is 0.0972 e. The molecule has 0 radical (unpaired) electrons. The first-order valence-electron chi connectivity index (χ1n) is 6.32. The highest BCUT2D eigenvalue weighted by Gasteiger charge is 2.31. The first kappa shape index (κ1) is 13.8. The van der Waals surface area contributed by atoms with Crippen molar-refractivity contribution >= 4 is 11.6 Å². The van der Waals surface area contributed by atoms with E-state index in [1.807, 2.05) is 12.1 Å². The summed E-state index contributed by atoms with van der Waals surface area (Å²) in [5.74, 6) is 0.582. The molecule has 1 aliphatic carbocycles. The van der Waals surface area contributed by atoms with Crippen LogP contribution in [0.2, 0.25) is 5.02 Å². The maximum absolute atomic E-state index is 9.68. The molecule has 0 aliphatic heterocycles. The molecule has 0 bridgehead atoms. The molecule has 1 saturated carbocycles. The van der Waals surface area contributed by atoms with Gasteiger partial charge in [0, 0.05) is 17.6 Å². The van der Waals surface area contributed by atoms with Crippen LogP contribution in [0.3, 0.4) is 0 Å². The Bertz CT molecular complexity index is 385. The summed E-state index contributed by atoms with van der Waals surface area (Å²) in [6.45, 7) is 1.85. The third-order valence-corrected chi connectivity index (χ3v) is 3.84. The number of aliphatic hydroxyl groups is 2. The van der Waals surface area contributed by atoms with Crippen molar-refractivity contribution in [3.63, 3.8) is 0 Å². The van der Waals surface area contributed by atoms with Gasteiger partial charge in [-0.25, -0.2) is 0 Å². The van der Waals surface area contributed by atoms with E-state index < -0.39 is 5.60 Å². The van der Waals surface area contributed by atoms with Crippen molar-refractivity contribution in [2.45, 2.75) is 37.3 Å². The van der Waals surface area contributed by atoms with Crippen molar-refractivity contribution in [1.29, 1.82) is 0 Å². The molecule has 1 fully saturated rings. The fourth-order valence-corrected chi connectivity index (χ4v) is 2.34. The molecule has 1 aliphatic rings. The van der Waals surface area contributed by atoms with Gasteiger partial charge in [-0.2, -0.15) is 0 Å². The Balaban J connectivity index is 1.75. The summed E-state index contributed by atoms with van der Waals surface area (Å²) < 4.78 is 0. The van der Waals surface area contributed by atoms with E-state index in [0.29, 0.717) is 18.5 Å². The summed E-state index contributed by atoms with van der Waals surface area (Å²) in [4.78, 5) is 0. The summed E-state index contributed by atoms with van der Waals surface area (Å²) in [6, 6.07) is 8.44. The van der Waals surface area contributed by atoms with Gasteiger partial charge in [-0.1, -0.05) is 23.7 Å². The second-order valence-corrected chi connectivity index (χ2v) is 5.89. The van der Waals surface area contributed by atoms with Gasteiger partial charge in [0.1, 0.15) is 0 Å². The standard InChI is InChI=1S/C14H20ClNO2/c1-14(18,9-17)8-16-13-6-11(7-13)10-2-4-12(15)5-3-10/h2-5,11,13,16-18H,6-9H2,1H3. The second-order valence-electron chi connectivity index (χ2n) is 5.45. The minimum absolute atomic E-state index is 0.215. The van der Waals surface area contributed by atoms with Gasteiger partial charge in [0.15, 0.2) is 0 Å². The Morgan fingerprint density at radius 1 is 1.33 bits per heavy atom. The molecular formula is C14H20ClNO2. The maximum Gasteiger partial charge on any atom is 0.0972 e. The summed E-state index contributed by atoms with van der Waals surface area (Å²) in [6.07, 6.45) is 2.15. The highest BCUT2D eigenvalue weighted by atomic mass is 35.5. The molecule has 18 heavy (non-hydrogen) atoms. The normalized spacial score (nSPS) is 26.4. The zero-order valence-electron chi connectivity index (χ0n) is 10.6. The summed E-state index contributed by atoms with van der Waals surface area (Å²) in [5, 5.41) is 22.7. The third kappa shape index (κ3) is 3.45. The van der Waals surface area contributed by atoms with Gasteiger partial charge in [-0.15, -0.1) is 0 Å². The van der Waals surface area contributed by atoms with E-state index in [1.165, 1.54) is 5.56 Å². The van der Waals surface area contributed by atoms with E-state index >= 15 is 0 Å². The monoisotopic (exact) mass is 269 g/mol. The molecule has 0 saturated heterocycles. The number of aliphatic hydroxyl groups excluding tert-OH is 1. The lowest BCUT2D eigenvalue weighted by Crippen LogP contribution is -2.48. The molecule has 3 nitrogen and oxygen atoms in total. The zero-order chi connectivity index (χ0) is 13.2. The molecule has 100 valence electrons. The lowest BCUT2D eigenvalue weighted by Gasteiger charge is -2.38. The molecule has 0 amide bonds. The Morgan fingerprint density at radius 2 is 1.94 bits per heavy atom. The first-order chi connectivity index (χ1) is 8.50. The number of halogens is 1. The lowest BCUT2D eigenvalue weighted by molar-refractivity contribution is -0.00185. The maximum atomic E-state index is 9.68. The predicted octanol–water partition coefficient (Wildman–Crippen LogP) is 1.92. The molecule has 0 aromatic heterocycles. The molecule has 4 heteroatoms. The van der Waals surface area contributed by atoms with Crippen LogP contribution in [0.1, 0.15) is 31.2 Å². The van der Waals surface area contributed by atoms with Crippen LogP contribution < -0.4 is 5.32 Å². The highest BCUT2D eigenvalue weighted by Crippen LogP contribution is 2.37. The van der Waals surface area contributed by atoms with E-state index in [1.54, 1.807) is 6.92 Å². The fraction of sp³-hybridized carbons (Fsp3) is 0.571. The average molecular weight is 270 g/mol. The first-order valence-corrected chi connectivity index (χ1v) is 6.70. The van der Waals surface area contributed by atoms with E-state index in [-0.39, 0.29) is 6.61 Å². The van der Waals surface area contributed by atoms with E-state index in [4.69, 9.17) is 16.7 Å². The molecule has 3 N–H and O–H groups in total.